The smallest absolute Gasteiger partial charge is 0.243 e. The van der Waals surface area contributed by atoms with Gasteiger partial charge in [-0.25, -0.2) is 0 Å². The summed E-state index contributed by atoms with van der Waals surface area (Å²) in [5.74, 6) is -0.352. The van der Waals surface area contributed by atoms with Crippen molar-refractivity contribution >= 4 is 46.6 Å². The molecule has 4 rings (SSSR count). The van der Waals surface area contributed by atoms with Gasteiger partial charge >= 0.3 is 0 Å². The topological polar surface area (TPSA) is 49.4 Å². The molecule has 0 saturated heterocycles. The van der Waals surface area contributed by atoms with Gasteiger partial charge in [0.2, 0.25) is 11.8 Å². The highest BCUT2D eigenvalue weighted by Gasteiger charge is 2.32. The molecule has 188 valence electrons. The Bertz CT molecular complexity index is 1200. The van der Waals surface area contributed by atoms with Crippen molar-refractivity contribution in [3.8, 4) is 0 Å². The number of hydrogen-bond acceptors (Lipinski definition) is 2. The number of halogens is 3. The van der Waals surface area contributed by atoms with Crippen LogP contribution in [0.25, 0.3) is 0 Å². The lowest BCUT2D eigenvalue weighted by molar-refractivity contribution is -0.141. The maximum absolute atomic E-state index is 13.8. The van der Waals surface area contributed by atoms with Gasteiger partial charge < -0.3 is 10.2 Å². The minimum absolute atomic E-state index is 0.0441. The number of rotatable bonds is 9. The lowest BCUT2D eigenvalue weighted by Crippen LogP contribution is -2.52. The third kappa shape index (κ3) is 7.03. The average molecular weight is 544 g/mol. The zero-order valence-corrected chi connectivity index (χ0v) is 22.2. The predicted octanol–water partition coefficient (Wildman–Crippen LogP) is 6.89. The van der Waals surface area contributed by atoms with Gasteiger partial charge in [0.15, 0.2) is 0 Å². The van der Waals surface area contributed by atoms with Gasteiger partial charge in [0, 0.05) is 34.1 Å². The summed E-state index contributed by atoms with van der Waals surface area (Å²) < 4.78 is 0. The van der Waals surface area contributed by atoms with Crippen LogP contribution in [0, 0.1) is 0 Å². The number of nitrogens with zero attached hydrogens (tertiary/aromatic N) is 1. The maximum atomic E-state index is 13.8. The molecule has 36 heavy (non-hydrogen) atoms. The molecule has 1 atom stereocenters. The molecule has 3 aromatic rings. The molecule has 0 bridgehead atoms. The fourth-order valence-electron chi connectivity index (χ4n) is 4.66. The number of carbonyl (C=O) groups is 2. The first kappa shape index (κ1) is 26.5. The Balaban J connectivity index is 1.68. The van der Waals surface area contributed by atoms with E-state index in [1.54, 1.807) is 29.2 Å². The van der Waals surface area contributed by atoms with E-state index < -0.39 is 6.04 Å². The Labute approximate surface area is 227 Å². The second-order valence-corrected chi connectivity index (χ2v) is 10.5. The summed E-state index contributed by atoms with van der Waals surface area (Å²) in [4.78, 5) is 29.2. The van der Waals surface area contributed by atoms with Gasteiger partial charge in [0.25, 0.3) is 0 Å². The average Bonchev–Trinajstić information content (AvgIpc) is 3.37. The summed E-state index contributed by atoms with van der Waals surface area (Å²) in [6.45, 7) is 0.208. The molecule has 1 aliphatic carbocycles. The molecule has 0 aromatic heterocycles. The lowest BCUT2D eigenvalue weighted by Gasteiger charge is -2.33. The van der Waals surface area contributed by atoms with Gasteiger partial charge in [-0.05, 0) is 47.7 Å². The molecule has 0 unspecified atom stereocenters. The van der Waals surface area contributed by atoms with E-state index in [1.807, 2.05) is 48.5 Å². The molecular formula is C29H29Cl3N2O2. The molecule has 0 aliphatic heterocycles. The third-order valence-electron chi connectivity index (χ3n) is 6.63. The normalized spacial score (nSPS) is 14.4. The van der Waals surface area contributed by atoms with E-state index in [0.717, 1.165) is 36.8 Å². The fourth-order valence-corrected chi connectivity index (χ4v) is 5.33. The standard InChI is InChI=1S/C29H29Cl3N2O2/c30-23-15-14-21(26(32)18-23)17-28(35)34(19-22-10-4-7-13-25(22)31)27(16-20-8-2-1-3-9-20)29(36)33-24-11-5-6-12-24/h1-4,7-10,13-15,18,24,27H,5-6,11-12,16-17,19H2,(H,33,36)/t27-/m0/s1. The van der Waals surface area contributed by atoms with E-state index >= 15 is 0 Å². The van der Waals surface area contributed by atoms with Gasteiger partial charge in [-0.15, -0.1) is 0 Å². The second-order valence-electron chi connectivity index (χ2n) is 9.22. The number of carbonyl (C=O) groups excluding carboxylic acids is 2. The van der Waals surface area contributed by atoms with E-state index in [2.05, 4.69) is 5.32 Å². The minimum Gasteiger partial charge on any atom is -0.352 e. The molecule has 1 saturated carbocycles. The Morgan fingerprint density at radius 2 is 1.56 bits per heavy atom. The van der Waals surface area contributed by atoms with Crippen molar-refractivity contribution < 1.29 is 9.59 Å². The molecule has 3 aromatic carbocycles. The van der Waals surface area contributed by atoms with Crippen LogP contribution >= 0.6 is 34.8 Å². The first-order valence-corrected chi connectivity index (χ1v) is 13.3. The monoisotopic (exact) mass is 542 g/mol. The van der Waals surface area contributed by atoms with Crippen molar-refractivity contribution in [2.45, 2.75) is 57.2 Å². The third-order valence-corrected chi connectivity index (χ3v) is 7.58. The maximum Gasteiger partial charge on any atom is 0.243 e. The summed E-state index contributed by atoms with van der Waals surface area (Å²) in [5.41, 5.74) is 2.41. The van der Waals surface area contributed by atoms with Gasteiger partial charge in [-0.3, -0.25) is 9.59 Å². The molecular weight excluding hydrogens is 515 g/mol. The molecule has 2 amide bonds. The van der Waals surface area contributed by atoms with Crippen LogP contribution in [0.1, 0.15) is 42.4 Å². The highest BCUT2D eigenvalue weighted by atomic mass is 35.5. The van der Waals surface area contributed by atoms with Gasteiger partial charge in [-0.2, -0.15) is 0 Å². The fraction of sp³-hybridized carbons (Fsp3) is 0.310. The van der Waals surface area contributed by atoms with Crippen LogP contribution in [0.15, 0.2) is 72.8 Å². The zero-order valence-electron chi connectivity index (χ0n) is 19.9. The Hall–Kier alpha value is -2.53. The molecule has 1 fully saturated rings. The first-order valence-electron chi connectivity index (χ1n) is 12.2. The van der Waals surface area contributed by atoms with E-state index in [-0.39, 0.29) is 30.8 Å². The number of nitrogens with one attached hydrogen (secondary N) is 1. The number of benzene rings is 3. The van der Waals surface area contributed by atoms with Crippen LogP contribution in [-0.4, -0.2) is 28.8 Å². The Kier molecular flexibility index (Phi) is 9.30. The highest BCUT2D eigenvalue weighted by Crippen LogP contribution is 2.25. The van der Waals surface area contributed by atoms with Crippen LogP contribution in [0.5, 0.6) is 0 Å². The Morgan fingerprint density at radius 1 is 0.861 bits per heavy atom. The SMILES string of the molecule is O=C(NC1CCCC1)[C@H](Cc1ccccc1)N(Cc1ccccc1Cl)C(=O)Cc1ccc(Cl)cc1Cl. The van der Waals surface area contributed by atoms with Crippen LogP contribution in [0.3, 0.4) is 0 Å². The van der Waals surface area contributed by atoms with Crippen molar-refractivity contribution in [1.82, 2.24) is 10.2 Å². The largest absolute Gasteiger partial charge is 0.352 e. The molecule has 0 heterocycles. The van der Waals surface area contributed by atoms with Crippen molar-refractivity contribution in [3.63, 3.8) is 0 Å². The summed E-state index contributed by atoms with van der Waals surface area (Å²) in [6.07, 6.45) is 4.56. The zero-order chi connectivity index (χ0) is 25.5. The second kappa shape index (κ2) is 12.6. The summed E-state index contributed by atoms with van der Waals surface area (Å²) in [5, 5.41) is 4.68. The minimum atomic E-state index is -0.706. The van der Waals surface area contributed by atoms with E-state index in [0.29, 0.717) is 27.1 Å². The lowest BCUT2D eigenvalue weighted by atomic mass is 10.0. The molecule has 0 radical (unpaired) electrons. The first-order chi connectivity index (χ1) is 17.4. The van der Waals surface area contributed by atoms with E-state index in [1.165, 1.54) is 0 Å². The van der Waals surface area contributed by atoms with E-state index in [4.69, 9.17) is 34.8 Å². The van der Waals surface area contributed by atoms with Crippen LogP contribution in [0.2, 0.25) is 15.1 Å². The van der Waals surface area contributed by atoms with Gasteiger partial charge in [0.1, 0.15) is 6.04 Å². The predicted molar refractivity (Wildman–Crippen MR) is 147 cm³/mol. The van der Waals surface area contributed by atoms with Crippen molar-refractivity contribution in [2.75, 3.05) is 0 Å². The quantitative estimate of drug-likeness (QED) is 0.319. The van der Waals surface area contributed by atoms with Crippen molar-refractivity contribution in [3.05, 3.63) is 105 Å². The molecule has 7 heteroatoms. The van der Waals surface area contributed by atoms with Crippen LogP contribution < -0.4 is 5.32 Å². The van der Waals surface area contributed by atoms with E-state index in [9.17, 15) is 9.59 Å². The molecule has 1 aliphatic rings. The highest BCUT2D eigenvalue weighted by molar-refractivity contribution is 6.35. The van der Waals surface area contributed by atoms with Gasteiger partial charge in [-0.1, -0.05) is 102 Å². The van der Waals surface area contributed by atoms with Crippen LogP contribution in [-0.2, 0) is 29.0 Å². The van der Waals surface area contributed by atoms with Crippen molar-refractivity contribution in [1.29, 1.82) is 0 Å². The molecule has 4 nitrogen and oxygen atoms in total. The number of hydrogen-bond donors (Lipinski definition) is 1. The van der Waals surface area contributed by atoms with Crippen molar-refractivity contribution in [2.24, 2.45) is 0 Å². The summed E-state index contributed by atoms with van der Waals surface area (Å²) >= 11 is 18.9. The molecule has 1 N–H and O–H groups in total. The summed E-state index contributed by atoms with van der Waals surface area (Å²) in [6, 6.07) is 21.7. The number of amides is 2. The molecule has 0 spiro atoms. The summed E-state index contributed by atoms with van der Waals surface area (Å²) in [7, 11) is 0. The Morgan fingerprint density at radius 3 is 2.25 bits per heavy atom. The van der Waals surface area contributed by atoms with Gasteiger partial charge in [0.05, 0.1) is 6.42 Å². The van der Waals surface area contributed by atoms with Crippen LogP contribution in [0.4, 0.5) is 0 Å².